The predicted octanol–water partition coefficient (Wildman–Crippen LogP) is 3.15. The summed E-state index contributed by atoms with van der Waals surface area (Å²) in [7, 11) is 1.90. The number of aromatic nitrogens is 3. The number of benzene rings is 1. The average molecular weight is 478 g/mol. The van der Waals surface area contributed by atoms with Crippen LogP contribution < -0.4 is 10.6 Å². The Kier molecular flexibility index (Phi) is 7.49. The highest BCUT2D eigenvalue weighted by atomic mass is 32.2. The number of nitrogens with zero attached hydrogens (tertiary/aromatic N) is 3. The summed E-state index contributed by atoms with van der Waals surface area (Å²) in [5, 5.41) is 6.64. The molecule has 0 aliphatic carbocycles. The zero-order valence-electron chi connectivity index (χ0n) is 17.0. The molecular formula is C20H23N5O3S3. The van der Waals surface area contributed by atoms with Crippen LogP contribution in [0.2, 0.25) is 0 Å². The van der Waals surface area contributed by atoms with Gasteiger partial charge in [0.05, 0.1) is 27.8 Å². The SMILES string of the molecule is Cn1ccnc1SCC(=O)Nc1ccc2nc(SCC(=O)NC[C@H]3CCCO3)sc2c1. The second-order valence-electron chi connectivity index (χ2n) is 7.05. The van der Waals surface area contributed by atoms with Gasteiger partial charge in [0.2, 0.25) is 11.8 Å². The van der Waals surface area contributed by atoms with Crippen molar-refractivity contribution in [2.45, 2.75) is 28.4 Å². The van der Waals surface area contributed by atoms with Gasteiger partial charge in [-0.25, -0.2) is 9.97 Å². The lowest BCUT2D eigenvalue weighted by molar-refractivity contribution is -0.119. The number of aryl methyl sites for hydroxylation is 1. The molecule has 0 spiro atoms. The van der Waals surface area contributed by atoms with Crippen molar-refractivity contribution in [2.75, 3.05) is 30.0 Å². The van der Waals surface area contributed by atoms with Gasteiger partial charge in [0.1, 0.15) is 0 Å². The van der Waals surface area contributed by atoms with Crippen molar-refractivity contribution in [3.8, 4) is 0 Å². The van der Waals surface area contributed by atoms with E-state index < -0.39 is 0 Å². The molecule has 1 aliphatic rings. The molecule has 4 rings (SSSR count). The van der Waals surface area contributed by atoms with E-state index in [4.69, 9.17) is 4.74 Å². The molecule has 0 saturated carbocycles. The van der Waals surface area contributed by atoms with Gasteiger partial charge in [-0.15, -0.1) is 11.3 Å². The largest absolute Gasteiger partial charge is 0.376 e. The van der Waals surface area contributed by atoms with Crippen molar-refractivity contribution in [2.24, 2.45) is 7.05 Å². The topological polar surface area (TPSA) is 98.1 Å². The van der Waals surface area contributed by atoms with Crippen LogP contribution >= 0.6 is 34.9 Å². The highest BCUT2D eigenvalue weighted by molar-refractivity contribution is 8.01. The van der Waals surface area contributed by atoms with Crippen LogP contribution in [0.15, 0.2) is 40.1 Å². The maximum Gasteiger partial charge on any atom is 0.234 e. The first kappa shape index (κ1) is 22.1. The number of ether oxygens (including phenoxy) is 1. The second-order valence-corrected chi connectivity index (χ2v) is 10.2. The van der Waals surface area contributed by atoms with E-state index in [9.17, 15) is 9.59 Å². The fourth-order valence-electron chi connectivity index (χ4n) is 3.07. The summed E-state index contributed by atoms with van der Waals surface area (Å²) in [4.78, 5) is 33.1. The molecule has 11 heteroatoms. The first-order chi connectivity index (χ1) is 15.1. The predicted molar refractivity (Wildman–Crippen MR) is 125 cm³/mol. The van der Waals surface area contributed by atoms with E-state index in [0.717, 1.165) is 44.8 Å². The summed E-state index contributed by atoms with van der Waals surface area (Å²) in [6.45, 7) is 1.35. The minimum atomic E-state index is -0.0885. The number of amides is 2. The van der Waals surface area contributed by atoms with Gasteiger partial charge in [0, 0.05) is 38.3 Å². The Labute approximate surface area is 192 Å². The van der Waals surface area contributed by atoms with Crippen LogP contribution in [0.25, 0.3) is 10.2 Å². The monoisotopic (exact) mass is 477 g/mol. The van der Waals surface area contributed by atoms with E-state index >= 15 is 0 Å². The minimum Gasteiger partial charge on any atom is -0.376 e. The van der Waals surface area contributed by atoms with Gasteiger partial charge in [-0.05, 0) is 31.0 Å². The molecular weight excluding hydrogens is 454 g/mol. The molecule has 1 atom stereocenters. The molecule has 1 saturated heterocycles. The Morgan fingerprint density at radius 2 is 2.16 bits per heavy atom. The van der Waals surface area contributed by atoms with Gasteiger partial charge < -0.3 is 19.9 Å². The molecule has 3 heterocycles. The van der Waals surface area contributed by atoms with E-state index in [0.29, 0.717) is 12.3 Å². The molecule has 2 amide bonds. The summed E-state index contributed by atoms with van der Waals surface area (Å²) in [5.74, 6) is 0.501. The lowest BCUT2D eigenvalue weighted by atomic mass is 10.2. The van der Waals surface area contributed by atoms with Crippen LogP contribution in [-0.4, -0.2) is 57.1 Å². The number of hydrogen-bond acceptors (Lipinski definition) is 8. The van der Waals surface area contributed by atoms with E-state index in [-0.39, 0.29) is 23.7 Å². The molecule has 0 radical (unpaired) electrons. The van der Waals surface area contributed by atoms with Gasteiger partial charge in [-0.3, -0.25) is 9.59 Å². The number of thiazole rings is 1. The highest BCUT2D eigenvalue weighted by Crippen LogP contribution is 2.31. The van der Waals surface area contributed by atoms with E-state index in [1.54, 1.807) is 6.20 Å². The van der Waals surface area contributed by atoms with Gasteiger partial charge >= 0.3 is 0 Å². The fourth-order valence-corrected chi connectivity index (χ4v) is 5.74. The van der Waals surface area contributed by atoms with Crippen molar-refractivity contribution < 1.29 is 14.3 Å². The van der Waals surface area contributed by atoms with Crippen molar-refractivity contribution in [3.05, 3.63) is 30.6 Å². The second kappa shape index (κ2) is 10.5. The standard InChI is InChI=1S/C20H23N5O3S3/c1-25-7-6-21-19(25)29-12-18(27)23-13-4-5-15-16(9-13)31-20(24-15)30-11-17(26)22-10-14-3-2-8-28-14/h4-7,9,14H,2-3,8,10-12H2,1H3,(H,22,26)(H,23,27)/t14-/m1/s1. The van der Waals surface area contributed by atoms with Gasteiger partial charge in [-0.2, -0.15) is 0 Å². The third kappa shape index (κ3) is 6.22. The smallest absolute Gasteiger partial charge is 0.234 e. The molecule has 3 aromatic rings. The molecule has 2 aromatic heterocycles. The normalized spacial score (nSPS) is 16.0. The Morgan fingerprint density at radius 1 is 1.29 bits per heavy atom. The Morgan fingerprint density at radius 3 is 2.94 bits per heavy atom. The molecule has 2 N–H and O–H groups in total. The average Bonchev–Trinajstić information content (AvgIpc) is 3.50. The van der Waals surface area contributed by atoms with Gasteiger partial charge in [0.25, 0.3) is 0 Å². The summed E-state index contributed by atoms with van der Waals surface area (Å²) in [6.07, 6.45) is 5.77. The molecule has 0 unspecified atom stereocenters. The number of hydrogen-bond donors (Lipinski definition) is 2. The van der Waals surface area contributed by atoms with Crippen molar-refractivity contribution in [1.29, 1.82) is 0 Å². The van der Waals surface area contributed by atoms with Crippen molar-refractivity contribution in [1.82, 2.24) is 19.9 Å². The Bertz CT molecular complexity index is 1060. The zero-order chi connectivity index (χ0) is 21.6. The first-order valence-corrected chi connectivity index (χ1v) is 12.7. The van der Waals surface area contributed by atoms with E-state index in [1.165, 1.54) is 34.9 Å². The van der Waals surface area contributed by atoms with Crippen LogP contribution in [0.3, 0.4) is 0 Å². The Hall–Kier alpha value is -2.08. The van der Waals surface area contributed by atoms with Gasteiger partial charge in [0.15, 0.2) is 9.50 Å². The first-order valence-electron chi connectivity index (χ1n) is 9.88. The quantitative estimate of drug-likeness (QED) is 0.457. The summed E-state index contributed by atoms with van der Waals surface area (Å²) in [6, 6.07) is 5.64. The number of rotatable bonds is 9. The summed E-state index contributed by atoms with van der Waals surface area (Å²) >= 11 is 4.32. The highest BCUT2D eigenvalue weighted by Gasteiger charge is 2.16. The summed E-state index contributed by atoms with van der Waals surface area (Å²) in [5.41, 5.74) is 1.58. The van der Waals surface area contributed by atoms with Crippen LogP contribution in [0.4, 0.5) is 5.69 Å². The van der Waals surface area contributed by atoms with Gasteiger partial charge in [-0.1, -0.05) is 23.5 Å². The van der Waals surface area contributed by atoms with Crippen LogP contribution in [0.1, 0.15) is 12.8 Å². The fraction of sp³-hybridized carbons (Fsp3) is 0.400. The summed E-state index contributed by atoms with van der Waals surface area (Å²) < 4.78 is 9.19. The molecule has 31 heavy (non-hydrogen) atoms. The van der Waals surface area contributed by atoms with E-state index in [2.05, 4.69) is 20.6 Å². The molecule has 1 aliphatic heterocycles. The molecule has 8 nitrogen and oxygen atoms in total. The number of imidazole rings is 1. The maximum absolute atomic E-state index is 12.3. The van der Waals surface area contributed by atoms with Crippen molar-refractivity contribution >= 4 is 62.6 Å². The third-order valence-corrected chi connectivity index (χ3v) is 7.86. The number of carbonyl (C=O) groups is 2. The van der Waals surface area contributed by atoms with Crippen LogP contribution in [0, 0.1) is 0 Å². The number of nitrogens with one attached hydrogen (secondary N) is 2. The molecule has 0 bridgehead atoms. The number of anilines is 1. The maximum atomic E-state index is 12.3. The van der Waals surface area contributed by atoms with Crippen LogP contribution in [-0.2, 0) is 21.4 Å². The Balaban J connectivity index is 1.26. The lowest BCUT2D eigenvalue weighted by Gasteiger charge is -2.09. The van der Waals surface area contributed by atoms with Crippen molar-refractivity contribution in [3.63, 3.8) is 0 Å². The zero-order valence-corrected chi connectivity index (χ0v) is 19.4. The molecule has 1 aromatic carbocycles. The number of fused-ring (bicyclic) bond motifs is 1. The van der Waals surface area contributed by atoms with E-state index in [1.807, 2.05) is 36.0 Å². The minimum absolute atomic E-state index is 0.0158. The molecule has 1 fully saturated rings. The number of carbonyl (C=O) groups excluding carboxylic acids is 2. The number of thioether (sulfide) groups is 2. The molecule has 164 valence electrons. The lowest BCUT2D eigenvalue weighted by Crippen LogP contribution is -2.32. The third-order valence-electron chi connectivity index (χ3n) is 4.64. The van der Waals surface area contributed by atoms with Crippen LogP contribution in [0.5, 0.6) is 0 Å².